The molecule has 3 rings (SSSR count). The number of rotatable bonds is 3. The first-order valence-electron chi connectivity index (χ1n) is 6.23. The minimum absolute atomic E-state index is 0.527. The van der Waals surface area contributed by atoms with Gasteiger partial charge in [-0.05, 0) is 13.0 Å². The third-order valence-electron chi connectivity index (χ3n) is 3.30. The second-order valence-electron chi connectivity index (χ2n) is 4.82. The van der Waals surface area contributed by atoms with Gasteiger partial charge in [-0.1, -0.05) is 18.2 Å². The van der Waals surface area contributed by atoms with Crippen LogP contribution < -0.4 is 10.6 Å². The van der Waals surface area contributed by atoms with Crippen LogP contribution >= 0.6 is 0 Å². The highest BCUT2D eigenvalue weighted by Gasteiger charge is 2.13. The molecule has 0 aliphatic heterocycles. The summed E-state index contributed by atoms with van der Waals surface area (Å²) in [7, 11) is 2.07. The van der Waals surface area contributed by atoms with Gasteiger partial charge in [0.25, 0.3) is 0 Å². The summed E-state index contributed by atoms with van der Waals surface area (Å²) in [6.45, 7) is 2.83. The minimum atomic E-state index is 0.527. The van der Waals surface area contributed by atoms with Crippen LogP contribution in [0.5, 0.6) is 0 Å². The predicted octanol–water partition coefficient (Wildman–Crippen LogP) is 2.42. The molecule has 3 aromatic rings. The summed E-state index contributed by atoms with van der Waals surface area (Å²) < 4.78 is 0. The molecule has 0 saturated heterocycles. The van der Waals surface area contributed by atoms with Gasteiger partial charge < -0.3 is 15.6 Å². The number of nitrogens with zero attached hydrogens (tertiary/aromatic N) is 2. The summed E-state index contributed by atoms with van der Waals surface area (Å²) in [5.41, 5.74) is 10.2. The number of nitrogens with one attached hydrogen (secondary N) is 2. The molecule has 1 aromatic carbocycles. The molecule has 0 fully saturated rings. The molecule has 2 heterocycles. The molecular weight excluding hydrogens is 238 g/mol. The number of aromatic amines is 2. The van der Waals surface area contributed by atoms with Crippen LogP contribution in [0.15, 0.2) is 30.3 Å². The van der Waals surface area contributed by atoms with Crippen molar-refractivity contribution in [2.45, 2.75) is 13.5 Å². The Hall–Kier alpha value is -2.43. The van der Waals surface area contributed by atoms with Crippen LogP contribution in [0.4, 0.5) is 11.5 Å². The van der Waals surface area contributed by atoms with Gasteiger partial charge in [0.15, 0.2) is 0 Å². The van der Waals surface area contributed by atoms with E-state index in [-0.39, 0.29) is 0 Å². The van der Waals surface area contributed by atoms with Crippen LogP contribution in [0.1, 0.15) is 11.4 Å². The number of aryl methyl sites for hydroxylation is 1. The molecule has 4 N–H and O–H groups in total. The van der Waals surface area contributed by atoms with Gasteiger partial charge in [0, 0.05) is 29.7 Å². The smallest absolute Gasteiger partial charge is 0.145 e. The van der Waals surface area contributed by atoms with Crippen molar-refractivity contribution in [3.63, 3.8) is 0 Å². The van der Waals surface area contributed by atoms with Crippen molar-refractivity contribution in [2.24, 2.45) is 0 Å². The lowest BCUT2D eigenvalue weighted by Crippen LogP contribution is -2.17. The molecule has 0 unspecified atom stereocenters. The predicted molar refractivity (Wildman–Crippen MR) is 78.1 cm³/mol. The van der Waals surface area contributed by atoms with Gasteiger partial charge >= 0.3 is 0 Å². The minimum Gasteiger partial charge on any atom is -0.382 e. The van der Waals surface area contributed by atoms with E-state index in [9.17, 15) is 0 Å². The van der Waals surface area contributed by atoms with E-state index < -0.39 is 0 Å². The molecular formula is C14H17N5. The van der Waals surface area contributed by atoms with E-state index in [1.54, 1.807) is 0 Å². The lowest BCUT2D eigenvalue weighted by Gasteiger charge is -2.18. The summed E-state index contributed by atoms with van der Waals surface area (Å²) in [6, 6.07) is 10.2. The van der Waals surface area contributed by atoms with E-state index in [0.29, 0.717) is 5.82 Å². The Balaban J connectivity index is 1.97. The molecule has 5 nitrogen and oxygen atoms in total. The van der Waals surface area contributed by atoms with Crippen molar-refractivity contribution in [1.29, 1.82) is 0 Å². The number of nitrogen functional groups attached to an aromatic ring is 1. The summed E-state index contributed by atoms with van der Waals surface area (Å²) >= 11 is 0. The number of para-hydroxylation sites is 1. The average Bonchev–Trinajstić information content (AvgIpc) is 2.91. The molecule has 0 saturated carbocycles. The van der Waals surface area contributed by atoms with Gasteiger partial charge in [0.2, 0.25) is 0 Å². The highest BCUT2D eigenvalue weighted by molar-refractivity contribution is 5.94. The maximum atomic E-state index is 5.63. The fourth-order valence-corrected chi connectivity index (χ4v) is 2.55. The van der Waals surface area contributed by atoms with Crippen molar-refractivity contribution < 1.29 is 0 Å². The number of fused-ring (bicyclic) bond motifs is 1. The quantitative estimate of drug-likeness (QED) is 0.673. The molecule has 0 bridgehead atoms. The molecule has 19 heavy (non-hydrogen) atoms. The van der Waals surface area contributed by atoms with Gasteiger partial charge in [0.1, 0.15) is 5.82 Å². The van der Waals surface area contributed by atoms with Crippen LogP contribution in [0.2, 0.25) is 0 Å². The van der Waals surface area contributed by atoms with Crippen molar-refractivity contribution >= 4 is 22.4 Å². The van der Waals surface area contributed by atoms with Crippen LogP contribution in [0.3, 0.4) is 0 Å². The highest BCUT2D eigenvalue weighted by Crippen LogP contribution is 2.30. The number of benzene rings is 1. The van der Waals surface area contributed by atoms with Crippen molar-refractivity contribution in [3.8, 4) is 0 Å². The van der Waals surface area contributed by atoms with Crippen LogP contribution in [0.25, 0.3) is 10.9 Å². The van der Waals surface area contributed by atoms with E-state index in [1.807, 2.05) is 12.1 Å². The number of hydrogen-bond acceptors (Lipinski definition) is 3. The molecule has 0 aliphatic rings. The summed E-state index contributed by atoms with van der Waals surface area (Å²) in [4.78, 5) is 5.60. The average molecular weight is 255 g/mol. The summed E-state index contributed by atoms with van der Waals surface area (Å²) in [6.07, 6.45) is 0. The van der Waals surface area contributed by atoms with Gasteiger partial charge in [0.05, 0.1) is 17.9 Å². The van der Waals surface area contributed by atoms with Crippen molar-refractivity contribution in [2.75, 3.05) is 17.7 Å². The van der Waals surface area contributed by atoms with Crippen LogP contribution in [-0.4, -0.2) is 22.2 Å². The summed E-state index contributed by atoms with van der Waals surface area (Å²) in [5.74, 6) is 0.527. The maximum Gasteiger partial charge on any atom is 0.145 e. The van der Waals surface area contributed by atoms with E-state index >= 15 is 0 Å². The lowest BCUT2D eigenvalue weighted by molar-refractivity contribution is 0.869. The van der Waals surface area contributed by atoms with E-state index in [2.05, 4.69) is 52.3 Å². The third kappa shape index (κ3) is 2.03. The zero-order valence-electron chi connectivity index (χ0n) is 11.1. The Morgan fingerprint density at radius 1 is 1.32 bits per heavy atom. The second-order valence-corrected chi connectivity index (χ2v) is 4.82. The molecule has 5 heteroatoms. The molecule has 0 amide bonds. The first kappa shape index (κ1) is 11.6. The topological polar surface area (TPSA) is 73.7 Å². The molecule has 0 atom stereocenters. The van der Waals surface area contributed by atoms with Crippen molar-refractivity contribution in [1.82, 2.24) is 15.2 Å². The fourth-order valence-electron chi connectivity index (χ4n) is 2.55. The van der Waals surface area contributed by atoms with Gasteiger partial charge in [-0.15, -0.1) is 0 Å². The first-order valence-corrected chi connectivity index (χ1v) is 6.23. The first-order chi connectivity index (χ1) is 9.15. The Labute approximate surface area is 111 Å². The molecule has 0 radical (unpaired) electrons. The summed E-state index contributed by atoms with van der Waals surface area (Å²) in [5, 5.41) is 8.12. The maximum absolute atomic E-state index is 5.63. The normalized spacial score (nSPS) is 11.1. The zero-order valence-corrected chi connectivity index (χ0v) is 11.1. The number of anilines is 2. The lowest BCUT2D eigenvalue weighted by atomic mass is 10.2. The molecule has 2 aromatic heterocycles. The Bertz CT molecular complexity index is 710. The monoisotopic (exact) mass is 255 g/mol. The Morgan fingerprint density at radius 3 is 2.84 bits per heavy atom. The largest absolute Gasteiger partial charge is 0.382 e. The number of aromatic nitrogens is 3. The second kappa shape index (κ2) is 4.35. The van der Waals surface area contributed by atoms with Crippen LogP contribution in [0, 0.1) is 6.92 Å². The van der Waals surface area contributed by atoms with E-state index in [1.165, 1.54) is 11.1 Å². The third-order valence-corrected chi connectivity index (χ3v) is 3.30. The zero-order chi connectivity index (χ0) is 13.4. The molecule has 98 valence electrons. The number of hydrogen-bond donors (Lipinski definition) is 3. The van der Waals surface area contributed by atoms with Crippen molar-refractivity contribution in [3.05, 3.63) is 41.7 Å². The number of nitrogens with two attached hydrogens (primary N) is 1. The SMILES string of the molecule is Cc1[nH]c2ccccc2c1N(C)Cc1cc(N)n[nH]1. The Morgan fingerprint density at radius 2 is 2.11 bits per heavy atom. The van der Waals surface area contributed by atoms with Gasteiger partial charge in [-0.25, -0.2) is 0 Å². The van der Waals surface area contributed by atoms with Gasteiger partial charge in [-0.2, -0.15) is 5.10 Å². The van der Waals surface area contributed by atoms with Gasteiger partial charge in [-0.3, -0.25) is 5.10 Å². The Kier molecular flexibility index (Phi) is 2.67. The standard InChI is InChI=1S/C14H17N5/c1-9-14(11-5-3-4-6-12(11)16-9)19(2)8-10-7-13(15)18-17-10/h3-7,16H,8H2,1-2H3,(H3,15,17,18). The molecule has 0 aliphatic carbocycles. The number of H-pyrrole nitrogens is 2. The highest BCUT2D eigenvalue weighted by atomic mass is 15.2. The van der Waals surface area contributed by atoms with E-state index in [4.69, 9.17) is 5.73 Å². The van der Waals surface area contributed by atoms with Crippen LogP contribution in [-0.2, 0) is 6.54 Å². The fraction of sp³-hybridized carbons (Fsp3) is 0.214. The molecule has 0 spiro atoms. The van der Waals surface area contributed by atoms with E-state index in [0.717, 1.165) is 23.4 Å².